The summed E-state index contributed by atoms with van der Waals surface area (Å²) in [5, 5.41) is 18.9. The number of nitriles is 1. The predicted molar refractivity (Wildman–Crippen MR) is 46.4 cm³/mol. The standard InChI is InChI=1S/C7H12N2O3S/c1-2-6-13(11,12)9-7(10)4-3-5-8/h2-4,6H2,1H3,(H,9,10)/p-1. The zero-order valence-electron chi connectivity index (χ0n) is 7.36. The van der Waals surface area contributed by atoms with Gasteiger partial charge in [-0.1, -0.05) is 6.92 Å². The fourth-order valence-corrected chi connectivity index (χ4v) is 1.68. The minimum atomic E-state index is -3.60. The molecule has 0 N–H and O–H groups in total. The van der Waals surface area contributed by atoms with Crippen LogP contribution in [0.2, 0.25) is 0 Å². The quantitative estimate of drug-likeness (QED) is 0.456. The van der Waals surface area contributed by atoms with E-state index >= 15 is 0 Å². The second-order valence-electron chi connectivity index (χ2n) is 2.43. The van der Waals surface area contributed by atoms with Crippen molar-refractivity contribution < 1.29 is 13.5 Å². The number of sulfonamides is 1. The molecule has 0 fully saturated rings. The van der Waals surface area contributed by atoms with Gasteiger partial charge in [-0.2, -0.15) is 9.66 Å². The summed E-state index contributed by atoms with van der Waals surface area (Å²) < 4.78 is 24.9. The monoisotopic (exact) mass is 203 g/mol. The van der Waals surface area contributed by atoms with Gasteiger partial charge in [0.05, 0.1) is 11.8 Å². The molecule has 0 radical (unpaired) electrons. The fourth-order valence-electron chi connectivity index (χ4n) is 0.667. The molecule has 0 aromatic heterocycles. The molecule has 0 spiro atoms. The smallest absolute Gasteiger partial charge is 0.252 e. The molecule has 0 bridgehead atoms. The van der Waals surface area contributed by atoms with E-state index in [2.05, 4.69) is 4.40 Å². The van der Waals surface area contributed by atoms with Crippen molar-refractivity contribution in [2.24, 2.45) is 4.40 Å². The van der Waals surface area contributed by atoms with E-state index in [9.17, 15) is 13.5 Å². The topological polar surface area (TPSA) is 93.3 Å². The summed E-state index contributed by atoms with van der Waals surface area (Å²) in [7, 11) is -3.60. The summed E-state index contributed by atoms with van der Waals surface area (Å²) in [6.45, 7) is 1.69. The lowest BCUT2D eigenvalue weighted by molar-refractivity contribution is -0.218. The summed E-state index contributed by atoms with van der Waals surface area (Å²) in [6.07, 6.45) is 0.306. The van der Waals surface area contributed by atoms with Gasteiger partial charge in [0.2, 0.25) is 0 Å². The molecule has 6 heteroatoms. The van der Waals surface area contributed by atoms with E-state index in [-0.39, 0.29) is 18.6 Å². The highest BCUT2D eigenvalue weighted by atomic mass is 32.2. The zero-order chi connectivity index (χ0) is 10.3. The van der Waals surface area contributed by atoms with Gasteiger partial charge < -0.3 is 5.11 Å². The molecule has 13 heavy (non-hydrogen) atoms. The number of nitrogens with zero attached hydrogens (tertiary/aromatic N) is 2. The van der Waals surface area contributed by atoms with Gasteiger partial charge >= 0.3 is 0 Å². The van der Waals surface area contributed by atoms with Crippen LogP contribution in [0.3, 0.4) is 0 Å². The Kier molecular flexibility index (Phi) is 5.07. The van der Waals surface area contributed by atoms with Crippen LogP contribution < -0.4 is 5.11 Å². The summed E-state index contributed by atoms with van der Waals surface area (Å²) in [4.78, 5) is 0. The number of rotatable bonds is 5. The molecule has 0 aliphatic rings. The molecule has 0 atom stereocenters. The Bertz CT molecular complexity index is 313. The van der Waals surface area contributed by atoms with Crippen LogP contribution in [0.1, 0.15) is 26.2 Å². The maximum atomic E-state index is 10.9. The van der Waals surface area contributed by atoms with Crippen LogP contribution in [0.15, 0.2) is 4.40 Å². The van der Waals surface area contributed by atoms with Crippen molar-refractivity contribution in [3.05, 3.63) is 0 Å². The average molecular weight is 203 g/mol. The molecule has 0 aliphatic carbocycles. The third-order valence-electron chi connectivity index (χ3n) is 1.15. The maximum absolute atomic E-state index is 10.9. The zero-order valence-corrected chi connectivity index (χ0v) is 8.17. The Morgan fingerprint density at radius 3 is 2.69 bits per heavy atom. The van der Waals surface area contributed by atoms with E-state index in [1.807, 2.05) is 0 Å². The molecule has 0 aromatic rings. The largest absolute Gasteiger partial charge is 0.861 e. The first-order chi connectivity index (χ1) is 6.02. The summed E-state index contributed by atoms with van der Waals surface area (Å²) in [5.41, 5.74) is 0. The molecule has 0 aromatic carbocycles. The Labute approximate surface area is 77.8 Å². The third-order valence-corrected chi connectivity index (χ3v) is 2.56. The summed E-state index contributed by atoms with van der Waals surface area (Å²) >= 11 is 0. The van der Waals surface area contributed by atoms with Crippen LogP contribution >= 0.6 is 0 Å². The van der Waals surface area contributed by atoms with Crippen molar-refractivity contribution in [3.8, 4) is 6.07 Å². The van der Waals surface area contributed by atoms with Gasteiger partial charge in [-0.25, -0.2) is 8.42 Å². The molecule has 0 heterocycles. The van der Waals surface area contributed by atoms with E-state index < -0.39 is 15.9 Å². The predicted octanol–water partition coefficient (Wildman–Crippen LogP) is -0.211. The van der Waals surface area contributed by atoms with Gasteiger partial charge in [-0.3, -0.25) is 0 Å². The second kappa shape index (κ2) is 5.54. The minimum Gasteiger partial charge on any atom is -0.861 e. The first kappa shape index (κ1) is 11.9. The van der Waals surface area contributed by atoms with Gasteiger partial charge in [-0.05, 0) is 18.7 Å². The van der Waals surface area contributed by atoms with Crippen LogP contribution in [-0.2, 0) is 10.0 Å². The van der Waals surface area contributed by atoms with Gasteiger partial charge in [-0.15, -0.1) is 0 Å². The molecule has 0 amide bonds. The summed E-state index contributed by atoms with van der Waals surface area (Å²) in [5.74, 6) is -0.860. The molecular weight excluding hydrogens is 192 g/mol. The Balaban J connectivity index is 4.30. The van der Waals surface area contributed by atoms with Gasteiger partial charge in [0, 0.05) is 6.42 Å². The highest BCUT2D eigenvalue weighted by Gasteiger charge is 2.04. The molecule has 0 saturated heterocycles. The number of hydrogen-bond acceptors (Lipinski definition) is 4. The Hall–Kier alpha value is -1.09. The third kappa shape index (κ3) is 6.11. The molecule has 0 aliphatic heterocycles. The van der Waals surface area contributed by atoms with Crippen LogP contribution in [0, 0.1) is 11.3 Å². The van der Waals surface area contributed by atoms with E-state index in [1.54, 1.807) is 13.0 Å². The molecule has 0 unspecified atom stereocenters. The van der Waals surface area contributed by atoms with E-state index in [0.29, 0.717) is 6.42 Å². The molecular formula is C7H11N2O3S-. The normalized spacial score (nSPS) is 12.5. The minimum absolute atomic E-state index is 0.00395. The van der Waals surface area contributed by atoms with Crippen LogP contribution in [-0.4, -0.2) is 20.1 Å². The van der Waals surface area contributed by atoms with Gasteiger partial charge in [0.1, 0.15) is 0 Å². The van der Waals surface area contributed by atoms with E-state index in [1.165, 1.54) is 0 Å². The van der Waals surface area contributed by atoms with Gasteiger partial charge in [0.15, 0.2) is 0 Å². The SMILES string of the molecule is CCCS(=O)(=O)/N=C(\[O-])CCC#N. The highest BCUT2D eigenvalue weighted by molar-refractivity contribution is 7.90. The maximum Gasteiger partial charge on any atom is 0.252 e. The van der Waals surface area contributed by atoms with Crippen LogP contribution in [0.4, 0.5) is 0 Å². The van der Waals surface area contributed by atoms with Crippen LogP contribution in [0.25, 0.3) is 0 Å². The fraction of sp³-hybridized carbons (Fsp3) is 0.714. The molecule has 74 valence electrons. The highest BCUT2D eigenvalue weighted by Crippen LogP contribution is 1.97. The van der Waals surface area contributed by atoms with Crippen molar-refractivity contribution >= 4 is 15.9 Å². The van der Waals surface area contributed by atoms with Gasteiger partial charge in [0.25, 0.3) is 10.0 Å². The van der Waals surface area contributed by atoms with Crippen molar-refractivity contribution in [3.63, 3.8) is 0 Å². The van der Waals surface area contributed by atoms with Crippen LogP contribution in [0.5, 0.6) is 0 Å². The van der Waals surface area contributed by atoms with E-state index in [4.69, 9.17) is 5.26 Å². The van der Waals surface area contributed by atoms with E-state index in [0.717, 1.165) is 0 Å². The Morgan fingerprint density at radius 2 is 2.23 bits per heavy atom. The molecule has 5 nitrogen and oxygen atoms in total. The lowest BCUT2D eigenvalue weighted by Crippen LogP contribution is -2.19. The number of hydrogen-bond donors (Lipinski definition) is 0. The molecule has 0 rings (SSSR count). The average Bonchev–Trinajstić information content (AvgIpc) is 1.99. The second-order valence-corrected chi connectivity index (χ2v) is 4.18. The van der Waals surface area contributed by atoms with Crippen molar-refractivity contribution in [2.75, 3.05) is 5.75 Å². The summed E-state index contributed by atoms with van der Waals surface area (Å²) in [6, 6.07) is 1.74. The first-order valence-electron chi connectivity index (χ1n) is 3.87. The lowest BCUT2D eigenvalue weighted by Gasteiger charge is -2.06. The molecule has 0 saturated carbocycles. The Morgan fingerprint density at radius 1 is 1.62 bits per heavy atom. The first-order valence-corrected chi connectivity index (χ1v) is 5.48. The van der Waals surface area contributed by atoms with Crippen molar-refractivity contribution in [2.45, 2.75) is 26.2 Å². The lowest BCUT2D eigenvalue weighted by atomic mass is 10.3. The van der Waals surface area contributed by atoms with Crippen molar-refractivity contribution in [1.82, 2.24) is 0 Å². The van der Waals surface area contributed by atoms with Crippen molar-refractivity contribution in [1.29, 1.82) is 5.26 Å².